The Balaban J connectivity index is 2.12. The van der Waals surface area contributed by atoms with Crippen LogP contribution < -0.4 is 10.4 Å². The quantitative estimate of drug-likeness (QED) is 0.689. The van der Waals surface area contributed by atoms with E-state index in [0.717, 1.165) is 25.7 Å². The van der Waals surface area contributed by atoms with Crippen LogP contribution in [0.15, 0.2) is 15.3 Å². The minimum atomic E-state index is -0.561. The van der Waals surface area contributed by atoms with Crippen molar-refractivity contribution in [3.63, 3.8) is 0 Å². The molecule has 2 atom stereocenters. The van der Waals surface area contributed by atoms with E-state index in [-0.39, 0.29) is 23.4 Å². The van der Waals surface area contributed by atoms with Crippen molar-refractivity contribution in [2.75, 3.05) is 0 Å². The highest BCUT2D eigenvalue weighted by atomic mass is 16.5. The van der Waals surface area contributed by atoms with Gasteiger partial charge in [0.1, 0.15) is 23.2 Å². The highest BCUT2D eigenvalue weighted by Crippen LogP contribution is 2.36. The molecule has 1 saturated carbocycles. The van der Waals surface area contributed by atoms with Gasteiger partial charge in [0, 0.05) is 6.07 Å². The van der Waals surface area contributed by atoms with Crippen LogP contribution in [0, 0.1) is 12.8 Å². The zero-order chi connectivity index (χ0) is 12.0. The van der Waals surface area contributed by atoms with Gasteiger partial charge >= 0.3 is 5.63 Å². The number of Topliss-reactive ketones (excluding diaryl/α,β-unsaturated/α-hetero) is 1. The lowest BCUT2D eigenvalue weighted by molar-refractivity contribution is 0.0512. The lowest BCUT2D eigenvalue weighted by Gasteiger charge is -2.34. The summed E-state index contributed by atoms with van der Waals surface area (Å²) in [7, 11) is 0. The number of hydrogen-bond donors (Lipinski definition) is 0. The van der Waals surface area contributed by atoms with Crippen LogP contribution in [-0.4, -0.2) is 11.9 Å². The number of rotatable bonds is 0. The lowest BCUT2D eigenvalue weighted by atomic mass is 9.80. The molecular formula is C13H14O4. The topological polar surface area (TPSA) is 56.5 Å². The molecule has 0 spiro atoms. The highest BCUT2D eigenvalue weighted by molar-refractivity contribution is 6.01. The van der Waals surface area contributed by atoms with Crippen LogP contribution in [0.2, 0.25) is 0 Å². The van der Waals surface area contributed by atoms with Crippen LogP contribution in [0.25, 0.3) is 0 Å². The molecule has 0 saturated heterocycles. The van der Waals surface area contributed by atoms with E-state index >= 15 is 0 Å². The molecule has 2 aliphatic rings. The highest BCUT2D eigenvalue weighted by Gasteiger charge is 2.40. The maximum absolute atomic E-state index is 12.2. The fourth-order valence-electron chi connectivity index (χ4n) is 2.79. The van der Waals surface area contributed by atoms with E-state index in [9.17, 15) is 9.59 Å². The third-order valence-corrected chi connectivity index (χ3v) is 3.60. The molecule has 1 aromatic heterocycles. The van der Waals surface area contributed by atoms with Crippen LogP contribution in [0.5, 0.6) is 5.75 Å². The molecular weight excluding hydrogens is 220 g/mol. The maximum Gasteiger partial charge on any atom is 0.350 e. The van der Waals surface area contributed by atoms with Crippen molar-refractivity contribution < 1.29 is 13.9 Å². The Labute approximate surface area is 98.6 Å². The van der Waals surface area contributed by atoms with Gasteiger partial charge < -0.3 is 9.15 Å². The summed E-state index contributed by atoms with van der Waals surface area (Å²) in [5.74, 6) is 0.647. The van der Waals surface area contributed by atoms with Crippen LogP contribution in [-0.2, 0) is 0 Å². The van der Waals surface area contributed by atoms with Gasteiger partial charge in [0.15, 0.2) is 5.78 Å². The molecule has 1 aromatic rings. The second-order valence-electron chi connectivity index (χ2n) is 4.80. The molecule has 1 fully saturated rings. The second kappa shape index (κ2) is 3.72. The van der Waals surface area contributed by atoms with Crippen LogP contribution >= 0.6 is 0 Å². The van der Waals surface area contributed by atoms with E-state index in [1.54, 1.807) is 13.0 Å². The molecule has 1 aliphatic heterocycles. The SMILES string of the molecule is Cc1cc2c(c(=O)o1)C(=O)[C@@H]1CCCC[C@H]1O2. The monoisotopic (exact) mass is 234 g/mol. The number of fused-ring (bicyclic) bond motifs is 2. The molecule has 0 N–H and O–H groups in total. The Kier molecular flexibility index (Phi) is 2.31. The number of carbonyl (C=O) groups excluding carboxylic acids is 1. The first-order chi connectivity index (χ1) is 8.16. The molecule has 1 aliphatic carbocycles. The first kappa shape index (κ1) is 10.6. The number of carbonyl (C=O) groups is 1. The summed E-state index contributed by atoms with van der Waals surface area (Å²) in [6.07, 6.45) is 3.78. The predicted molar refractivity (Wildman–Crippen MR) is 60.4 cm³/mol. The Bertz CT molecular complexity index is 529. The van der Waals surface area contributed by atoms with Gasteiger partial charge in [-0.3, -0.25) is 4.79 Å². The van der Waals surface area contributed by atoms with Crippen LogP contribution in [0.1, 0.15) is 41.8 Å². The third-order valence-electron chi connectivity index (χ3n) is 3.60. The fourth-order valence-corrected chi connectivity index (χ4v) is 2.79. The zero-order valence-electron chi connectivity index (χ0n) is 9.69. The first-order valence-electron chi connectivity index (χ1n) is 6.02. The average molecular weight is 234 g/mol. The van der Waals surface area contributed by atoms with Gasteiger partial charge in [-0.2, -0.15) is 0 Å². The maximum atomic E-state index is 12.2. The summed E-state index contributed by atoms with van der Waals surface area (Å²) in [4.78, 5) is 23.9. The summed E-state index contributed by atoms with van der Waals surface area (Å²) < 4.78 is 10.8. The first-order valence-corrected chi connectivity index (χ1v) is 6.02. The van der Waals surface area contributed by atoms with E-state index in [1.807, 2.05) is 0 Å². The van der Waals surface area contributed by atoms with Crippen molar-refractivity contribution in [3.05, 3.63) is 27.8 Å². The average Bonchev–Trinajstić information content (AvgIpc) is 2.28. The van der Waals surface area contributed by atoms with Gasteiger partial charge in [-0.25, -0.2) is 4.79 Å². The van der Waals surface area contributed by atoms with Crippen molar-refractivity contribution in [1.82, 2.24) is 0 Å². The summed E-state index contributed by atoms with van der Waals surface area (Å²) >= 11 is 0. The van der Waals surface area contributed by atoms with Crippen molar-refractivity contribution in [1.29, 1.82) is 0 Å². The number of hydrogen-bond acceptors (Lipinski definition) is 4. The number of ether oxygens (including phenoxy) is 1. The smallest absolute Gasteiger partial charge is 0.350 e. The van der Waals surface area contributed by atoms with Gasteiger partial charge in [0.05, 0.1) is 5.92 Å². The molecule has 0 aromatic carbocycles. The molecule has 0 bridgehead atoms. The Morgan fingerprint density at radius 2 is 2.00 bits per heavy atom. The lowest BCUT2D eigenvalue weighted by Crippen LogP contribution is -2.42. The fraction of sp³-hybridized carbons (Fsp3) is 0.538. The molecule has 0 radical (unpaired) electrons. The van der Waals surface area contributed by atoms with Crippen molar-refractivity contribution in [2.45, 2.75) is 38.7 Å². The van der Waals surface area contributed by atoms with Crippen molar-refractivity contribution >= 4 is 5.78 Å². The predicted octanol–water partition coefficient (Wildman–Crippen LogP) is 2.08. The molecule has 17 heavy (non-hydrogen) atoms. The van der Waals surface area contributed by atoms with Gasteiger partial charge in [0.2, 0.25) is 0 Å². The minimum Gasteiger partial charge on any atom is -0.488 e. The summed E-state index contributed by atoms with van der Waals surface area (Å²) in [5.41, 5.74) is -0.451. The minimum absolute atomic E-state index is 0.0510. The largest absolute Gasteiger partial charge is 0.488 e. The van der Waals surface area contributed by atoms with Crippen LogP contribution in [0.4, 0.5) is 0 Å². The number of ketones is 1. The van der Waals surface area contributed by atoms with Gasteiger partial charge in [0.25, 0.3) is 0 Å². The van der Waals surface area contributed by atoms with E-state index in [2.05, 4.69) is 0 Å². The molecule has 4 heteroatoms. The van der Waals surface area contributed by atoms with E-state index in [0.29, 0.717) is 11.5 Å². The third kappa shape index (κ3) is 1.59. The van der Waals surface area contributed by atoms with Crippen molar-refractivity contribution in [2.24, 2.45) is 5.92 Å². The van der Waals surface area contributed by atoms with E-state index in [4.69, 9.17) is 9.15 Å². The summed E-state index contributed by atoms with van der Waals surface area (Å²) in [5, 5.41) is 0. The second-order valence-corrected chi connectivity index (χ2v) is 4.80. The molecule has 0 amide bonds. The molecule has 4 nitrogen and oxygen atoms in total. The Morgan fingerprint density at radius 1 is 1.24 bits per heavy atom. The summed E-state index contributed by atoms with van der Waals surface area (Å²) in [6, 6.07) is 1.64. The summed E-state index contributed by atoms with van der Waals surface area (Å²) in [6.45, 7) is 1.68. The molecule has 90 valence electrons. The molecule has 3 rings (SSSR count). The normalized spacial score (nSPS) is 27.0. The Morgan fingerprint density at radius 3 is 2.82 bits per heavy atom. The zero-order valence-corrected chi connectivity index (χ0v) is 9.69. The van der Waals surface area contributed by atoms with Crippen LogP contribution in [0.3, 0.4) is 0 Å². The van der Waals surface area contributed by atoms with Crippen molar-refractivity contribution in [3.8, 4) is 5.75 Å². The number of aryl methyl sites for hydroxylation is 1. The van der Waals surface area contributed by atoms with E-state index in [1.165, 1.54) is 0 Å². The molecule has 2 heterocycles. The van der Waals surface area contributed by atoms with Gasteiger partial charge in [-0.15, -0.1) is 0 Å². The van der Waals surface area contributed by atoms with E-state index < -0.39 is 5.63 Å². The molecule has 0 unspecified atom stereocenters. The van der Waals surface area contributed by atoms with Gasteiger partial charge in [-0.1, -0.05) is 6.42 Å². The Hall–Kier alpha value is -1.58. The standard InChI is InChI=1S/C13H14O4/c1-7-6-10-11(13(15)16-7)12(14)8-4-2-3-5-9(8)17-10/h6,8-9H,2-5H2,1H3/t8-,9-/m1/s1. The van der Waals surface area contributed by atoms with Gasteiger partial charge in [-0.05, 0) is 26.2 Å².